The predicted molar refractivity (Wildman–Crippen MR) is 43.4 cm³/mol. The third kappa shape index (κ3) is 5.70. The Hall–Kier alpha value is 0.156. The summed E-state index contributed by atoms with van der Waals surface area (Å²) in [5.41, 5.74) is 0. The van der Waals surface area contributed by atoms with E-state index in [-0.39, 0.29) is 63.7 Å². The minimum absolute atomic E-state index is 0. The van der Waals surface area contributed by atoms with Gasteiger partial charge in [0.15, 0.2) is 0 Å². The molecule has 1 aromatic heterocycles. The maximum atomic E-state index is 10.2. The summed E-state index contributed by atoms with van der Waals surface area (Å²) < 4.78 is 31.8. The second-order valence-electron chi connectivity index (χ2n) is 2.49. The maximum absolute atomic E-state index is 10.2. The molecular formula is C5H6KN3O5S. The molecule has 1 heterocycles. The van der Waals surface area contributed by atoms with Gasteiger partial charge in [0.1, 0.15) is 6.20 Å². The standard InChI is InChI=1S/C5H7N3O5S.K/c9-8(10)5-3-7(4-6-5)1-2-14(11,12)13;/h3-4H,1-2H2,(H,11,12,13);/q;+1/p-1. The molecule has 8 nitrogen and oxygen atoms in total. The molecule has 0 N–H and O–H groups in total. The Balaban J connectivity index is 0.00000196. The second kappa shape index (κ2) is 6.03. The van der Waals surface area contributed by atoms with E-state index in [4.69, 9.17) is 0 Å². The van der Waals surface area contributed by atoms with E-state index in [2.05, 4.69) is 4.98 Å². The molecule has 0 aliphatic carbocycles. The summed E-state index contributed by atoms with van der Waals surface area (Å²) in [4.78, 5) is 12.8. The molecule has 0 bridgehead atoms. The van der Waals surface area contributed by atoms with Gasteiger partial charge >= 0.3 is 57.2 Å². The van der Waals surface area contributed by atoms with Crippen LogP contribution >= 0.6 is 0 Å². The molecule has 10 heteroatoms. The van der Waals surface area contributed by atoms with E-state index in [1.165, 1.54) is 4.57 Å². The largest absolute Gasteiger partial charge is 1.00 e. The van der Waals surface area contributed by atoms with Crippen molar-refractivity contribution in [3.63, 3.8) is 0 Å². The van der Waals surface area contributed by atoms with Gasteiger partial charge in [0.25, 0.3) is 0 Å². The molecule has 0 spiro atoms. The van der Waals surface area contributed by atoms with Gasteiger partial charge in [-0.1, -0.05) is 0 Å². The van der Waals surface area contributed by atoms with Gasteiger partial charge in [0.05, 0.1) is 15.9 Å². The topological polar surface area (TPSA) is 118 Å². The van der Waals surface area contributed by atoms with Crippen LogP contribution in [0.5, 0.6) is 0 Å². The van der Waals surface area contributed by atoms with Gasteiger partial charge in [-0.05, 0) is 9.91 Å². The van der Waals surface area contributed by atoms with Crippen LogP contribution in [0.2, 0.25) is 0 Å². The molecule has 0 fully saturated rings. The number of nitro groups is 1. The maximum Gasteiger partial charge on any atom is 1.00 e. The van der Waals surface area contributed by atoms with E-state index in [0.717, 1.165) is 12.5 Å². The predicted octanol–water partition coefficient (Wildman–Crippen LogP) is -3.66. The van der Waals surface area contributed by atoms with Crippen LogP contribution in [0.15, 0.2) is 12.5 Å². The fourth-order valence-electron chi connectivity index (χ4n) is 0.782. The van der Waals surface area contributed by atoms with Gasteiger partial charge in [-0.2, -0.15) is 0 Å². The molecule has 0 saturated heterocycles. The molecule has 15 heavy (non-hydrogen) atoms. The van der Waals surface area contributed by atoms with Gasteiger partial charge in [0.2, 0.25) is 6.33 Å². The first-order valence-corrected chi connectivity index (χ1v) is 5.06. The summed E-state index contributed by atoms with van der Waals surface area (Å²) in [5, 5.41) is 10.2. The zero-order valence-electron chi connectivity index (χ0n) is 7.86. The van der Waals surface area contributed by atoms with Crippen LogP contribution in [0.3, 0.4) is 0 Å². The van der Waals surface area contributed by atoms with Crippen LogP contribution in [-0.2, 0) is 16.7 Å². The van der Waals surface area contributed by atoms with Crippen LogP contribution in [0.1, 0.15) is 0 Å². The van der Waals surface area contributed by atoms with Crippen LogP contribution in [-0.4, -0.2) is 33.2 Å². The Morgan fingerprint density at radius 2 is 2.13 bits per heavy atom. The fraction of sp³-hybridized carbons (Fsp3) is 0.400. The first-order chi connectivity index (χ1) is 6.38. The van der Waals surface area contributed by atoms with Crippen LogP contribution in [0, 0.1) is 10.1 Å². The molecule has 0 saturated carbocycles. The Kier molecular flexibility index (Phi) is 6.09. The normalized spacial score (nSPS) is 10.7. The minimum atomic E-state index is -4.30. The van der Waals surface area contributed by atoms with E-state index in [0.29, 0.717) is 0 Å². The van der Waals surface area contributed by atoms with Crippen molar-refractivity contribution in [1.82, 2.24) is 9.55 Å². The average Bonchev–Trinajstić information content (AvgIpc) is 2.47. The Morgan fingerprint density at radius 3 is 2.53 bits per heavy atom. The molecular weight excluding hydrogens is 253 g/mol. The summed E-state index contributed by atoms with van der Waals surface area (Å²) >= 11 is 0. The van der Waals surface area contributed by atoms with Crippen molar-refractivity contribution < 1.29 is 69.3 Å². The summed E-state index contributed by atoms with van der Waals surface area (Å²) in [6, 6.07) is 0. The summed E-state index contributed by atoms with van der Waals surface area (Å²) in [6.45, 7) is -0.132. The number of rotatable bonds is 4. The first kappa shape index (κ1) is 15.2. The van der Waals surface area contributed by atoms with Crippen molar-refractivity contribution in [2.24, 2.45) is 0 Å². The first-order valence-electron chi connectivity index (χ1n) is 3.48. The zero-order chi connectivity index (χ0) is 10.8. The monoisotopic (exact) mass is 259 g/mol. The molecule has 1 rings (SSSR count). The molecule has 0 radical (unpaired) electrons. The van der Waals surface area contributed by atoms with Crippen LogP contribution in [0.4, 0.5) is 5.82 Å². The van der Waals surface area contributed by atoms with E-state index < -0.39 is 20.8 Å². The third-order valence-electron chi connectivity index (χ3n) is 1.41. The third-order valence-corrected chi connectivity index (χ3v) is 2.09. The Morgan fingerprint density at radius 1 is 1.53 bits per heavy atom. The second-order valence-corrected chi connectivity index (χ2v) is 4.01. The molecule has 0 aliphatic rings. The van der Waals surface area contributed by atoms with E-state index in [1.807, 2.05) is 0 Å². The fourth-order valence-corrected chi connectivity index (χ4v) is 1.22. The van der Waals surface area contributed by atoms with Gasteiger partial charge in [0, 0.05) is 6.54 Å². The number of imidazole rings is 1. The van der Waals surface area contributed by atoms with E-state index in [9.17, 15) is 23.1 Å². The SMILES string of the molecule is O=[N+]([O-])c1cn(CCS(=O)(=O)[O-])cn1.[K+]. The molecule has 0 atom stereocenters. The molecule has 0 aliphatic heterocycles. The Labute approximate surface area is 128 Å². The van der Waals surface area contributed by atoms with Gasteiger partial charge in [-0.15, -0.1) is 0 Å². The molecule has 78 valence electrons. The summed E-state index contributed by atoms with van der Waals surface area (Å²) in [6.07, 6.45) is 2.16. The molecule has 0 amide bonds. The Bertz CT molecular complexity index is 441. The summed E-state index contributed by atoms with van der Waals surface area (Å²) in [5.74, 6) is -0.992. The molecule has 1 aromatic rings. The van der Waals surface area contributed by atoms with Crippen molar-refractivity contribution in [3.05, 3.63) is 22.6 Å². The van der Waals surface area contributed by atoms with Crippen molar-refractivity contribution in [3.8, 4) is 0 Å². The average molecular weight is 259 g/mol. The van der Waals surface area contributed by atoms with Gasteiger partial charge in [-0.25, -0.2) is 8.42 Å². The van der Waals surface area contributed by atoms with Crippen molar-refractivity contribution in [2.75, 3.05) is 5.75 Å². The number of nitrogens with zero attached hydrogens (tertiary/aromatic N) is 3. The van der Waals surface area contributed by atoms with Crippen LogP contribution < -0.4 is 51.4 Å². The van der Waals surface area contributed by atoms with E-state index in [1.54, 1.807) is 0 Å². The van der Waals surface area contributed by atoms with E-state index >= 15 is 0 Å². The summed E-state index contributed by atoms with van der Waals surface area (Å²) in [7, 11) is -4.30. The number of hydrogen-bond acceptors (Lipinski definition) is 6. The van der Waals surface area contributed by atoms with Crippen molar-refractivity contribution >= 4 is 15.9 Å². The van der Waals surface area contributed by atoms with Gasteiger partial charge < -0.3 is 19.2 Å². The molecule has 0 unspecified atom stereocenters. The van der Waals surface area contributed by atoms with Crippen molar-refractivity contribution in [1.29, 1.82) is 0 Å². The van der Waals surface area contributed by atoms with Crippen molar-refractivity contribution in [2.45, 2.75) is 6.54 Å². The minimum Gasteiger partial charge on any atom is -0.748 e. The number of aromatic nitrogens is 2. The smallest absolute Gasteiger partial charge is 0.748 e. The van der Waals surface area contributed by atoms with Crippen LogP contribution in [0.25, 0.3) is 0 Å². The quantitative estimate of drug-likeness (QED) is 0.238. The number of hydrogen-bond donors (Lipinski definition) is 0. The zero-order valence-corrected chi connectivity index (χ0v) is 11.8. The van der Waals surface area contributed by atoms with Gasteiger partial charge in [-0.3, -0.25) is 0 Å². The number of aryl methyl sites for hydroxylation is 1. The molecule has 0 aromatic carbocycles.